The van der Waals surface area contributed by atoms with Crippen LogP contribution in [0, 0.1) is 6.92 Å². The summed E-state index contributed by atoms with van der Waals surface area (Å²) < 4.78 is 16.1. The van der Waals surface area contributed by atoms with Gasteiger partial charge in [0.05, 0.1) is 7.11 Å². The van der Waals surface area contributed by atoms with Crippen LogP contribution in [-0.4, -0.2) is 38.0 Å². The second-order valence-corrected chi connectivity index (χ2v) is 6.36. The third-order valence-corrected chi connectivity index (χ3v) is 4.11. The molecular formula is C22H22N2O5. The fourth-order valence-electron chi connectivity index (χ4n) is 2.75. The third-order valence-electron chi connectivity index (χ3n) is 4.11. The highest BCUT2D eigenvalue weighted by Gasteiger charge is 2.24. The summed E-state index contributed by atoms with van der Waals surface area (Å²) in [6.45, 7) is 4.22. The van der Waals surface area contributed by atoms with E-state index in [2.05, 4.69) is 10.3 Å². The van der Waals surface area contributed by atoms with Crippen LogP contribution < -0.4 is 14.8 Å². The molecule has 2 aromatic carbocycles. The van der Waals surface area contributed by atoms with Crippen LogP contribution in [0.3, 0.4) is 0 Å². The summed E-state index contributed by atoms with van der Waals surface area (Å²) in [4.78, 5) is 28.1. The molecule has 7 heteroatoms. The van der Waals surface area contributed by atoms with Gasteiger partial charge in [0.15, 0.2) is 23.8 Å². The molecule has 29 heavy (non-hydrogen) atoms. The summed E-state index contributed by atoms with van der Waals surface area (Å²) in [5.41, 5.74) is 2.67. The van der Waals surface area contributed by atoms with Crippen LogP contribution in [0.15, 0.2) is 53.2 Å². The minimum atomic E-state index is -0.517. The number of nitrogens with zero attached hydrogens (tertiary/aromatic N) is 1. The number of benzene rings is 2. The quantitative estimate of drug-likeness (QED) is 0.576. The lowest BCUT2D eigenvalue weighted by atomic mass is 10.1. The molecule has 0 saturated heterocycles. The highest BCUT2D eigenvalue weighted by molar-refractivity contribution is 6.12. The van der Waals surface area contributed by atoms with Crippen molar-refractivity contribution in [3.8, 4) is 11.5 Å². The number of hydrogen-bond acceptors (Lipinski definition) is 6. The maximum Gasteiger partial charge on any atom is 0.363 e. The van der Waals surface area contributed by atoms with Crippen molar-refractivity contribution in [1.82, 2.24) is 5.32 Å². The fourth-order valence-corrected chi connectivity index (χ4v) is 2.75. The lowest BCUT2D eigenvalue weighted by Crippen LogP contribution is -2.28. The first kappa shape index (κ1) is 20.1. The molecule has 0 radical (unpaired) electrons. The average molecular weight is 394 g/mol. The Morgan fingerprint density at radius 2 is 2.03 bits per heavy atom. The molecule has 0 aromatic heterocycles. The molecule has 2 aromatic rings. The van der Waals surface area contributed by atoms with E-state index < -0.39 is 5.97 Å². The minimum absolute atomic E-state index is 0.110. The molecule has 1 amide bonds. The zero-order valence-corrected chi connectivity index (χ0v) is 16.5. The first-order valence-electron chi connectivity index (χ1n) is 9.17. The zero-order valence-electron chi connectivity index (χ0n) is 16.5. The zero-order chi connectivity index (χ0) is 20.8. The Hall–Kier alpha value is -3.61. The number of carbonyl (C=O) groups is 2. The van der Waals surface area contributed by atoms with Crippen molar-refractivity contribution in [2.45, 2.75) is 13.8 Å². The predicted octanol–water partition coefficient (Wildman–Crippen LogP) is 2.86. The third kappa shape index (κ3) is 5.01. The average Bonchev–Trinajstić information content (AvgIpc) is 3.07. The van der Waals surface area contributed by atoms with Crippen LogP contribution in [0.25, 0.3) is 6.08 Å². The Bertz CT molecular complexity index is 994. The van der Waals surface area contributed by atoms with Gasteiger partial charge in [-0.25, -0.2) is 9.79 Å². The molecule has 3 rings (SSSR count). The summed E-state index contributed by atoms with van der Waals surface area (Å²) in [6, 6.07) is 12.7. The van der Waals surface area contributed by atoms with Gasteiger partial charge in [0.25, 0.3) is 5.91 Å². The van der Waals surface area contributed by atoms with E-state index in [0.29, 0.717) is 23.6 Å². The fraction of sp³-hybridized carbons (Fsp3) is 0.227. The Morgan fingerprint density at radius 3 is 2.76 bits per heavy atom. The van der Waals surface area contributed by atoms with Crippen molar-refractivity contribution in [2.24, 2.45) is 4.99 Å². The summed E-state index contributed by atoms with van der Waals surface area (Å²) in [7, 11) is 1.50. The Kier molecular flexibility index (Phi) is 6.29. The number of aryl methyl sites for hydroxylation is 1. The number of carbonyl (C=O) groups excluding carboxylic acids is 2. The van der Waals surface area contributed by atoms with Gasteiger partial charge >= 0.3 is 5.97 Å². The topological polar surface area (TPSA) is 86.2 Å². The molecule has 0 bridgehead atoms. The summed E-state index contributed by atoms with van der Waals surface area (Å²) in [5.74, 6) is 0.417. The molecule has 0 fully saturated rings. The lowest BCUT2D eigenvalue weighted by Gasteiger charge is -2.11. The Balaban J connectivity index is 1.80. The van der Waals surface area contributed by atoms with Crippen LogP contribution in [0.5, 0.6) is 11.5 Å². The predicted molar refractivity (Wildman–Crippen MR) is 109 cm³/mol. The molecule has 1 N–H and O–H groups in total. The lowest BCUT2D eigenvalue weighted by molar-refractivity contribution is -0.130. The highest BCUT2D eigenvalue weighted by atomic mass is 16.6. The molecule has 0 spiro atoms. The molecule has 1 aliphatic rings. The van der Waals surface area contributed by atoms with E-state index in [1.54, 1.807) is 24.3 Å². The molecule has 0 atom stereocenters. The van der Waals surface area contributed by atoms with E-state index in [1.165, 1.54) is 7.11 Å². The monoisotopic (exact) mass is 394 g/mol. The maximum absolute atomic E-state index is 12.2. The number of cyclic esters (lactones) is 1. The van der Waals surface area contributed by atoms with Crippen LogP contribution in [-0.2, 0) is 14.3 Å². The first-order valence-corrected chi connectivity index (χ1v) is 9.17. The maximum atomic E-state index is 12.2. The minimum Gasteiger partial charge on any atom is -0.493 e. The van der Waals surface area contributed by atoms with E-state index in [9.17, 15) is 9.59 Å². The molecule has 150 valence electrons. The number of esters is 1. The number of aliphatic imine (C=N–C) groups is 1. The van der Waals surface area contributed by atoms with Crippen molar-refractivity contribution in [1.29, 1.82) is 0 Å². The second kappa shape index (κ2) is 9.05. The van der Waals surface area contributed by atoms with Crippen molar-refractivity contribution in [3.05, 3.63) is 64.9 Å². The van der Waals surface area contributed by atoms with Crippen LogP contribution in [0.2, 0.25) is 0 Å². The normalized spacial score (nSPS) is 14.4. The number of amides is 1. The van der Waals surface area contributed by atoms with Gasteiger partial charge < -0.3 is 19.5 Å². The molecule has 0 unspecified atom stereocenters. The van der Waals surface area contributed by atoms with E-state index >= 15 is 0 Å². The molecule has 1 heterocycles. The first-order chi connectivity index (χ1) is 14.0. The summed E-state index contributed by atoms with van der Waals surface area (Å²) in [6.07, 6.45) is 1.61. The molecule has 0 aliphatic carbocycles. The van der Waals surface area contributed by atoms with Gasteiger partial charge in [0, 0.05) is 12.1 Å². The summed E-state index contributed by atoms with van der Waals surface area (Å²) >= 11 is 0. The van der Waals surface area contributed by atoms with Gasteiger partial charge in [-0.15, -0.1) is 0 Å². The SMILES string of the molecule is CCNC(=O)COc1ccc(/C=C2\N=C(c3cccc(C)c3)OC2=O)cc1OC. The van der Waals surface area contributed by atoms with E-state index in [1.807, 2.05) is 38.1 Å². The second-order valence-electron chi connectivity index (χ2n) is 6.36. The van der Waals surface area contributed by atoms with Crippen LogP contribution >= 0.6 is 0 Å². The standard InChI is InChI=1S/C22H22N2O5/c1-4-23-20(25)13-28-18-9-8-15(12-19(18)27-3)11-17-22(26)29-21(24-17)16-7-5-6-14(2)10-16/h5-12H,4,13H2,1-3H3,(H,23,25)/b17-11-. The van der Waals surface area contributed by atoms with Crippen molar-refractivity contribution in [3.63, 3.8) is 0 Å². The van der Waals surface area contributed by atoms with Gasteiger partial charge in [-0.1, -0.05) is 23.8 Å². The molecule has 0 saturated carbocycles. The van der Waals surface area contributed by atoms with Crippen LogP contribution in [0.1, 0.15) is 23.6 Å². The van der Waals surface area contributed by atoms with Gasteiger partial charge in [0.2, 0.25) is 5.90 Å². The highest BCUT2D eigenvalue weighted by Crippen LogP contribution is 2.29. The largest absolute Gasteiger partial charge is 0.493 e. The van der Waals surface area contributed by atoms with Gasteiger partial charge in [-0.2, -0.15) is 0 Å². The summed E-state index contributed by atoms with van der Waals surface area (Å²) in [5, 5.41) is 2.66. The van der Waals surface area contributed by atoms with Crippen molar-refractivity contribution in [2.75, 3.05) is 20.3 Å². The number of hydrogen-bond donors (Lipinski definition) is 1. The number of likely N-dealkylation sites (N-methyl/N-ethyl adjacent to an activating group) is 1. The van der Waals surface area contributed by atoms with Crippen molar-refractivity contribution < 1.29 is 23.8 Å². The molecule has 1 aliphatic heterocycles. The van der Waals surface area contributed by atoms with E-state index in [-0.39, 0.29) is 24.1 Å². The number of ether oxygens (including phenoxy) is 3. The van der Waals surface area contributed by atoms with Gasteiger partial charge in [-0.3, -0.25) is 4.79 Å². The Labute approximate surface area is 169 Å². The van der Waals surface area contributed by atoms with Gasteiger partial charge in [-0.05, 0) is 49.8 Å². The number of methoxy groups -OCH3 is 1. The van der Waals surface area contributed by atoms with E-state index in [4.69, 9.17) is 14.2 Å². The van der Waals surface area contributed by atoms with Crippen molar-refractivity contribution >= 4 is 23.9 Å². The number of rotatable bonds is 7. The smallest absolute Gasteiger partial charge is 0.363 e. The van der Waals surface area contributed by atoms with E-state index in [0.717, 1.165) is 11.1 Å². The van der Waals surface area contributed by atoms with Crippen LogP contribution in [0.4, 0.5) is 0 Å². The number of nitrogens with one attached hydrogen (secondary N) is 1. The molecular weight excluding hydrogens is 372 g/mol. The Morgan fingerprint density at radius 1 is 1.21 bits per heavy atom. The molecule has 7 nitrogen and oxygen atoms in total. The van der Waals surface area contributed by atoms with Gasteiger partial charge in [0.1, 0.15) is 0 Å².